The summed E-state index contributed by atoms with van der Waals surface area (Å²) in [4.78, 5) is 25.3. The molecule has 1 aromatic carbocycles. The van der Waals surface area contributed by atoms with E-state index in [0.29, 0.717) is 18.0 Å². The van der Waals surface area contributed by atoms with Crippen molar-refractivity contribution in [1.29, 1.82) is 0 Å². The van der Waals surface area contributed by atoms with Gasteiger partial charge in [-0.3, -0.25) is 19.4 Å². The first kappa shape index (κ1) is 19.4. The number of phenols is 1. The number of nitrogens with one attached hydrogen (secondary N) is 2. The Balaban J connectivity index is 1.81. The Labute approximate surface area is 171 Å². The fourth-order valence-corrected chi connectivity index (χ4v) is 5.19. The van der Waals surface area contributed by atoms with Gasteiger partial charge in [0.2, 0.25) is 5.91 Å². The van der Waals surface area contributed by atoms with Crippen LogP contribution in [0.15, 0.2) is 23.0 Å². The number of H-pyrrole nitrogens is 1. The number of benzene rings is 1. The molecule has 2 aromatic rings. The van der Waals surface area contributed by atoms with Gasteiger partial charge in [-0.1, -0.05) is 17.7 Å². The molecule has 0 unspecified atom stereocenters. The maximum atomic E-state index is 12.9. The van der Waals surface area contributed by atoms with Crippen molar-refractivity contribution in [3.63, 3.8) is 0 Å². The predicted octanol–water partition coefficient (Wildman–Crippen LogP) is 3.44. The minimum atomic E-state index is -0.370. The van der Waals surface area contributed by atoms with E-state index in [0.717, 1.165) is 18.4 Å². The minimum absolute atomic E-state index is 0.0191. The fourth-order valence-electron chi connectivity index (χ4n) is 3.89. The number of aromatic amines is 1. The van der Waals surface area contributed by atoms with Crippen LogP contribution >= 0.6 is 23.4 Å². The van der Waals surface area contributed by atoms with Gasteiger partial charge in [0.15, 0.2) is 0 Å². The molecule has 150 valence electrons. The van der Waals surface area contributed by atoms with Crippen LogP contribution in [0.3, 0.4) is 0 Å². The highest BCUT2D eigenvalue weighted by atomic mass is 35.5. The third-order valence-corrected chi connectivity index (χ3v) is 6.75. The second-order valence-electron chi connectivity index (χ2n) is 7.78. The Morgan fingerprint density at radius 2 is 2.14 bits per heavy atom. The quantitative estimate of drug-likeness (QED) is 0.687. The zero-order valence-corrected chi connectivity index (χ0v) is 17.2. The van der Waals surface area contributed by atoms with Crippen LogP contribution in [0.2, 0.25) is 5.02 Å². The Hall–Kier alpha value is -1.90. The topological polar surface area (TPSA) is 96.4 Å². The van der Waals surface area contributed by atoms with E-state index in [1.165, 1.54) is 17.8 Å². The molecule has 2 aliphatic rings. The maximum absolute atomic E-state index is 12.9. The first-order valence-electron chi connectivity index (χ1n) is 9.13. The fraction of sp³-hybridized carbons (Fsp3) is 0.474. The van der Waals surface area contributed by atoms with E-state index in [1.807, 2.05) is 13.8 Å². The molecular weight excluding hydrogens is 402 g/mol. The number of amides is 1. The van der Waals surface area contributed by atoms with Crippen molar-refractivity contribution in [2.75, 3.05) is 17.7 Å². The molecule has 2 atom stereocenters. The number of carbonyl (C=O) groups excluding carboxylic acids is 1. The summed E-state index contributed by atoms with van der Waals surface area (Å²) in [6.07, 6.45) is 1.47. The van der Waals surface area contributed by atoms with Crippen LogP contribution in [0, 0.1) is 0 Å². The number of anilines is 1. The molecule has 1 amide bonds. The van der Waals surface area contributed by atoms with Gasteiger partial charge in [-0.2, -0.15) is 0 Å². The number of halogens is 1. The summed E-state index contributed by atoms with van der Waals surface area (Å²) in [6.45, 7) is 4.64. The first-order chi connectivity index (χ1) is 13.2. The van der Waals surface area contributed by atoms with E-state index in [4.69, 9.17) is 16.3 Å². The van der Waals surface area contributed by atoms with Crippen molar-refractivity contribution >= 4 is 35.1 Å². The van der Waals surface area contributed by atoms with Crippen LogP contribution in [0.4, 0.5) is 5.82 Å². The maximum Gasteiger partial charge on any atom is 0.270 e. The number of fused-ring (bicyclic) bond motifs is 1. The van der Waals surface area contributed by atoms with Crippen LogP contribution < -0.4 is 10.9 Å². The van der Waals surface area contributed by atoms with E-state index in [-0.39, 0.29) is 44.9 Å². The monoisotopic (exact) mass is 423 g/mol. The highest BCUT2D eigenvalue weighted by molar-refractivity contribution is 8.00. The SMILES string of the molecule is CC1(C)C[C@@H](n2[nH]c(=O)c3c2NC(=O)CS[C@@H]3c2ccc(O)c(Cl)c2)CCO1. The molecule has 3 N–H and O–H groups in total. The number of thioether (sulfide) groups is 1. The van der Waals surface area contributed by atoms with E-state index in [9.17, 15) is 14.7 Å². The van der Waals surface area contributed by atoms with E-state index >= 15 is 0 Å². The van der Waals surface area contributed by atoms with Crippen LogP contribution in [0.25, 0.3) is 0 Å². The largest absolute Gasteiger partial charge is 0.506 e. The second-order valence-corrected chi connectivity index (χ2v) is 9.28. The van der Waals surface area contributed by atoms with Gasteiger partial charge in [-0.15, -0.1) is 11.8 Å². The zero-order chi connectivity index (χ0) is 20.1. The molecule has 1 aromatic heterocycles. The van der Waals surface area contributed by atoms with Gasteiger partial charge in [-0.25, -0.2) is 0 Å². The number of nitrogens with zero attached hydrogens (tertiary/aromatic N) is 1. The summed E-state index contributed by atoms with van der Waals surface area (Å²) in [7, 11) is 0. The molecule has 1 saturated heterocycles. The predicted molar refractivity (Wildman–Crippen MR) is 109 cm³/mol. The molecule has 28 heavy (non-hydrogen) atoms. The highest BCUT2D eigenvalue weighted by Crippen LogP contribution is 2.43. The lowest BCUT2D eigenvalue weighted by Gasteiger charge is -2.36. The molecule has 7 nitrogen and oxygen atoms in total. The molecule has 0 spiro atoms. The molecule has 2 aliphatic heterocycles. The van der Waals surface area contributed by atoms with Gasteiger partial charge in [0.25, 0.3) is 5.56 Å². The Morgan fingerprint density at radius 1 is 1.36 bits per heavy atom. The molecule has 0 radical (unpaired) electrons. The van der Waals surface area contributed by atoms with Gasteiger partial charge >= 0.3 is 0 Å². The van der Waals surface area contributed by atoms with Crippen molar-refractivity contribution in [3.05, 3.63) is 44.7 Å². The average molecular weight is 424 g/mol. The molecule has 0 bridgehead atoms. The van der Waals surface area contributed by atoms with Crippen molar-refractivity contribution in [2.45, 2.75) is 43.6 Å². The van der Waals surface area contributed by atoms with Gasteiger partial charge in [-0.05, 0) is 44.4 Å². The lowest BCUT2D eigenvalue weighted by molar-refractivity contribution is -0.113. The number of carbonyl (C=O) groups is 1. The standard InChI is InChI=1S/C19H22ClN3O4S/c1-19(2)8-11(5-6-27-19)23-17-15(18(26)22-23)16(28-9-14(25)21-17)10-3-4-13(24)12(20)7-10/h3-4,7,11,16,24H,5-6,8-9H2,1-2H3,(H,21,25)(H,22,26)/t11-,16+/m0/s1. The van der Waals surface area contributed by atoms with Crippen LogP contribution in [0.5, 0.6) is 5.75 Å². The number of rotatable bonds is 2. The molecular formula is C19H22ClN3O4S. The van der Waals surface area contributed by atoms with Crippen LogP contribution in [-0.2, 0) is 9.53 Å². The van der Waals surface area contributed by atoms with Gasteiger partial charge in [0, 0.05) is 6.61 Å². The summed E-state index contributed by atoms with van der Waals surface area (Å²) in [5, 5.41) is 15.4. The number of aromatic hydroxyl groups is 1. The number of hydrogen-bond acceptors (Lipinski definition) is 5. The van der Waals surface area contributed by atoms with E-state index < -0.39 is 0 Å². The molecule has 9 heteroatoms. The molecule has 1 fully saturated rings. The van der Waals surface area contributed by atoms with Crippen molar-refractivity contribution < 1.29 is 14.6 Å². The third kappa shape index (κ3) is 3.56. The van der Waals surface area contributed by atoms with E-state index in [1.54, 1.807) is 16.8 Å². The Kier molecular flexibility index (Phi) is 4.97. The first-order valence-corrected chi connectivity index (χ1v) is 10.6. The summed E-state index contributed by atoms with van der Waals surface area (Å²) in [6, 6.07) is 4.90. The van der Waals surface area contributed by atoms with Crippen molar-refractivity contribution in [1.82, 2.24) is 9.78 Å². The van der Waals surface area contributed by atoms with E-state index in [2.05, 4.69) is 10.4 Å². The summed E-state index contributed by atoms with van der Waals surface area (Å²) in [5.41, 5.74) is 0.732. The van der Waals surface area contributed by atoms with Crippen molar-refractivity contribution in [2.24, 2.45) is 0 Å². The number of aromatic nitrogens is 2. The highest BCUT2D eigenvalue weighted by Gasteiger charge is 2.36. The molecule has 0 aliphatic carbocycles. The summed E-state index contributed by atoms with van der Waals surface area (Å²) >= 11 is 7.45. The minimum Gasteiger partial charge on any atom is -0.506 e. The number of phenolic OH excluding ortho intramolecular Hbond substituents is 1. The molecule has 4 rings (SSSR count). The number of hydrogen-bond donors (Lipinski definition) is 3. The summed E-state index contributed by atoms with van der Waals surface area (Å²) in [5.74, 6) is 0.556. The van der Waals surface area contributed by atoms with Crippen molar-refractivity contribution in [3.8, 4) is 5.75 Å². The van der Waals surface area contributed by atoms with Gasteiger partial charge in [0.1, 0.15) is 11.6 Å². The van der Waals surface area contributed by atoms with Crippen LogP contribution in [0.1, 0.15) is 49.1 Å². The normalized spacial score (nSPS) is 24.3. The average Bonchev–Trinajstić information content (AvgIpc) is 2.83. The Morgan fingerprint density at radius 3 is 2.86 bits per heavy atom. The molecule has 3 heterocycles. The van der Waals surface area contributed by atoms with Gasteiger partial charge in [0.05, 0.1) is 33.2 Å². The Bertz CT molecular complexity index is 984. The van der Waals surface area contributed by atoms with Gasteiger partial charge < -0.3 is 15.2 Å². The lowest BCUT2D eigenvalue weighted by Crippen LogP contribution is -2.36. The number of ether oxygens (including phenoxy) is 1. The van der Waals surface area contributed by atoms with Crippen LogP contribution in [-0.4, -0.2) is 38.8 Å². The summed E-state index contributed by atoms with van der Waals surface area (Å²) < 4.78 is 7.59. The smallest absolute Gasteiger partial charge is 0.270 e. The lowest BCUT2D eigenvalue weighted by atomic mass is 9.94. The third-order valence-electron chi connectivity index (χ3n) is 5.17. The second kappa shape index (κ2) is 7.17. The zero-order valence-electron chi connectivity index (χ0n) is 15.6. The molecule has 0 saturated carbocycles.